The fourth-order valence-corrected chi connectivity index (χ4v) is 1.56. The molecule has 0 spiro atoms. The number of hydrogen-bond acceptors (Lipinski definition) is 3. The van der Waals surface area contributed by atoms with Gasteiger partial charge in [0.2, 0.25) is 0 Å². The van der Waals surface area contributed by atoms with E-state index in [2.05, 4.69) is 21.7 Å². The van der Waals surface area contributed by atoms with E-state index in [0.29, 0.717) is 0 Å². The fourth-order valence-electron chi connectivity index (χ4n) is 0.994. The first-order valence-electron chi connectivity index (χ1n) is 3.73. The topological polar surface area (TPSA) is 30.7 Å². The molecular weight excluding hydrogens is 158 g/mol. The van der Waals surface area contributed by atoms with Crippen molar-refractivity contribution in [3.8, 4) is 0 Å². The second-order valence-electron chi connectivity index (χ2n) is 2.39. The van der Waals surface area contributed by atoms with Gasteiger partial charge in [-0.1, -0.05) is 18.7 Å². The summed E-state index contributed by atoms with van der Waals surface area (Å²) in [4.78, 5) is 0. The molecule has 0 aliphatic carbocycles. The van der Waals surface area contributed by atoms with E-state index in [1.54, 1.807) is 11.8 Å². The lowest BCUT2D eigenvalue weighted by atomic mass is 10.5. The third-order valence-electron chi connectivity index (χ3n) is 1.53. The zero-order valence-corrected chi connectivity index (χ0v) is 7.98. The maximum Gasteiger partial charge on any atom is 0.190 e. The molecule has 0 saturated heterocycles. The first-order valence-corrected chi connectivity index (χ1v) is 4.95. The van der Waals surface area contributed by atoms with Crippen LogP contribution in [0.25, 0.3) is 0 Å². The standard InChI is InChI=1S/C7H13N3S/c1-4-5-10-6(2)8-9-7(10)11-3/h4-5H2,1-3H3. The van der Waals surface area contributed by atoms with E-state index in [1.165, 1.54) is 0 Å². The Morgan fingerprint density at radius 3 is 2.73 bits per heavy atom. The van der Waals surface area contributed by atoms with Crippen LogP contribution in [0.3, 0.4) is 0 Å². The molecule has 0 aromatic carbocycles. The number of hydrogen-bond donors (Lipinski definition) is 0. The molecule has 4 heteroatoms. The summed E-state index contributed by atoms with van der Waals surface area (Å²) >= 11 is 1.65. The summed E-state index contributed by atoms with van der Waals surface area (Å²) in [5.74, 6) is 1.01. The Bertz CT molecular complexity index is 232. The van der Waals surface area contributed by atoms with Crippen LogP contribution in [-0.2, 0) is 6.54 Å². The van der Waals surface area contributed by atoms with Crippen LogP contribution < -0.4 is 0 Å². The number of aromatic nitrogens is 3. The van der Waals surface area contributed by atoms with E-state index in [0.717, 1.165) is 23.9 Å². The molecule has 0 bridgehead atoms. The van der Waals surface area contributed by atoms with Crippen molar-refractivity contribution in [2.24, 2.45) is 0 Å². The van der Waals surface area contributed by atoms with Crippen LogP contribution >= 0.6 is 11.8 Å². The normalized spacial score (nSPS) is 10.5. The van der Waals surface area contributed by atoms with E-state index in [-0.39, 0.29) is 0 Å². The highest BCUT2D eigenvalue weighted by Gasteiger charge is 2.04. The van der Waals surface area contributed by atoms with Gasteiger partial charge in [0.1, 0.15) is 5.82 Å². The Kier molecular flexibility index (Phi) is 2.93. The van der Waals surface area contributed by atoms with Crippen LogP contribution in [-0.4, -0.2) is 21.0 Å². The van der Waals surface area contributed by atoms with Crippen LogP contribution in [0.1, 0.15) is 19.2 Å². The number of thioether (sulfide) groups is 1. The first-order chi connectivity index (χ1) is 5.29. The summed E-state index contributed by atoms with van der Waals surface area (Å²) in [5, 5.41) is 9.04. The molecule has 0 fully saturated rings. The second-order valence-corrected chi connectivity index (χ2v) is 3.16. The van der Waals surface area contributed by atoms with Gasteiger partial charge >= 0.3 is 0 Å². The fraction of sp³-hybridized carbons (Fsp3) is 0.714. The van der Waals surface area contributed by atoms with Gasteiger partial charge < -0.3 is 4.57 Å². The van der Waals surface area contributed by atoms with E-state index in [9.17, 15) is 0 Å². The van der Waals surface area contributed by atoms with Crippen molar-refractivity contribution in [3.05, 3.63) is 5.82 Å². The van der Waals surface area contributed by atoms with Gasteiger partial charge in [-0.25, -0.2) is 0 Å². The van der Waals surface area contributed by atoms with Gasteiger partial charge in [0.05, 0.1) is 0 Å². The summed E-state index contributed by atoms with van der Waals surface area (Å²) in [6.07, 6.45) is 3.15. The summed E-state index contributed by atoms with van der Waals surface area (Å²) in [7, 11) is 0. The lowest BCUT2D eigenvalue weighted by molar-refractivity contribution is 0.606. The zero-order valence-electron chi connectivity index (χ0n) is 7.16. The molecule has 0 aliphatic rings. The van der Waals surface area contributed by atoms with Gasteiger partial charge in [-0.15, -0.1) is 10.2 Å². The van der Waals surface area contributed by atoms with Gasteiger partial charge in [-0.2, -0.15) is 0 Å². The smallest absolute Gasteiger partial charge is 0.190 e. The summed E-state index contributed by atoms with van der Waals surface area (Å²) in [6.45, 7) is 5.17. The van der Waals surface area contributed by atoms with Crippen molar-refractivity contribution in [1.82, 2.24) is 14.8 Å². The molecule has 1 aromatic rings. The molecule has 0 unspecified atom stereocenters. The lowest BCUT2D eigenvalue weighted by Crippen LogP contribution is -2.00. The molecular formula is C7H13N3S. The van der Waals surface area contributed by atoms with E-state index in [1.807, 2.05) is 13.2 Å². The highest BCUT2D eigenvalue weighted by molar-refractivity contribution is 7.98. The molecule has 1 aromatic heterocycles. The van der Waals surface area contributed by atoms with Crippen molar-refractivity contribution in [1.29, 1.82) is 0 Å². The quantitative estimate of drug-likeness (QED) is 0.649. The van der Waals surface area contributed by atoms with Gasteiger partial charge in [-0.05, 0) is 19.6 Å². The van der Waals surface area contributed by atoms with Gasteiger partial charge in [0.15, 0.2) is 5.16 Å². The molecule has 11 heavy (non-hydrogen) atoms. The van der Waals surface area contributed by atoms with Crippen LogP contribution in [0, 0.1) is 6.92 Å². The van der Waals surface area contributed by atoms with Crippen molar-refractivity contribution in [2.75, 3.05) is 6.26 Å². The highest BCUT2D eigenvalue weighted by Crippen LogP contribution is 2.12. The van der Waals surface area contributed by atoms with Gasteiger partial charge in [0, 0.05) is 6.54 Å². The van der Waals surface area contributed by atoms with Gasteiger partial charge in [0.25, 0.3) is 0 Å². The first kappa shape index (κ1) is 8.59. The SMILES string of the molecule is CCCn1c(C)nnc1SC. The van der Waals surface area contributed by atoms with Crippen molar-refractivity contribution in [2.45, 2.75) is 32.0 Å². The summed E-state index contributed by atoms with van der Waals surface area (Å²) in [6, 6.07) is 0. The Hall–Kier alpha value is -0.510. The molecule has 0 N–H and O–H groups in total. The molecule has 62 valence electrons. The monoisotopic (exact) mass is 171 g/mol. The Morgan fingerprint density at radius 1 is 1.45 bits per heavy atom. The van der Waals surface area contributed by atoms with Crippen LogP contribution in [0.15, 0.2) is 5.16 Å². The molecule has 3 nitrogen and oxygen atoms in total. The van der Waals surface area contributed by atoms with E-state index >= 15 is 0 Å². The Morgan fingerprint density at radius 2 is 2.18 bits per heavy atom. The molecule has 0 saturated carbocycles. The number of rotatable bonds is 3. The predicted molar refractivity (Wildman–Crippen MR) is 46.8 cm³/mol. The van der Waals surface area contributed by atoms with Crippen molar-refractivity contribution < 1.29 is 0 Å². The van der Waals surface area contributed by atoms with Crippen LogP contribution in [0.4, 0.5) is 0 Å². The predicted octanol–water partition coefficient (Wildman–Crippen LogP) is 1.72. The molecule has 0 radical (unpaired) electrons. The molecule has 1 rings (SSSR count). The van der Waals surface area contributed by atoms with Crippen LogP contribution in [0.5, 0.6) is 0 Å². The average molecular weight is 171 g/mol. The summed E-state index contributed by atoms with van der Waals surface area (Å²) in [5.41, 5.74) is 0. The lowest BCUT2D eigenvalue weighted by Gasteiger charge is -2.03. The third-order valence-corrected chi connectivity index (χ3v) is 2.20. The molecule has 0 amide bonds. The maximum absolute atomic E-state index is 4.03. The molecule has 0 aliphatic heterocycles. The maximum atomic E-state index is 4.03. The summed E-state index contributed by atoms with van der Waals surface area (Å²) < 4.78 is 2.14. The van der Waals surface area contributed by atoms with E-state index in [4.69, 9.17) is 0 Å². The number of aryl methyl sites for hydroxylation is 1. The highest BCUT2D eigenvalue weighted by atomic mass is 32.2. The number of nitrogens with zero attached hydrogens (tertiary/aromatic N) is 3. The largest absolute Gasteiger partial charge is 0.306 e. The average Bonchev–Trinajstić information content (AvgIpc) is 2.34. The van der Waals surface area contributed by atoms with Crippen molar-refractivity contribution >= 4 is 11.8 Å². The Balaban J connectivity index is 2.88. The van der Waals surface area contributed by atoms with E-state index < -0.39 is 0 Å². The molecule has 1 heterocycles. The van der Waals surface area contributed by atoms with Crippen molar-refractivity contribution in [3.63, 3.8) is 0 Å². The minimum Gasteiger partial charge on any atom is -0.306 e. The minimum absolute atomic E-state index is 1.01. The minimum atomic E-state index is 1.01. The zero-order chi connectivity index (χ0) is 8.27. The molecule has 0 atom stereocenters. The second kappa shape index (κ2) is 3.76. The third kappa shape index (κ3) is 1.74. The van der Waals surface area contributed by atoms with Gasteiger partial charge in [-0.3, -0.25) is 0 Å². The Labute approximate surface area is 71.2 Å². The van der Waals surface area contributed by atoms with Crippen LogP contribution in [0.2, 0.25) is 0 Å².